The Morgan fingerprint density at radius 1 is 1.31 bits per heavy atom. The molecule has 16 heavy (non-hydrogen) atoms. The third kappa shape index (κ3) is 5.07. The molecule has 2 nitrogen and oxygen atoms in total. The lowest BCUT2D eigenvalue weighted by molar-refractivity contribution is -0.0279. The predicted molar refractivity (Wildman–Crippen MR) is 71.2 cm³/mol. The molecule has 0 unspecified atom stereocenters. The van der Waals surface area contributed by atoms with Crippen LogP contribution >= 0.6 is 12.6 Å². The van der Waals surface area contributed by atoms with Gasteiger partial charge in [0.05, 0.1) is 6.61 Å². The van der Waals surface area contributed by atoms with E-state index in [0.29, 0.717) is 0 Å². The molecule has 0 aromatic rings. The van der Waals surface area contributed by atoms with Gasteiger partial charge in [0.1, 0.15) is 0 Å². The Morgan fingerprint density at radius 2 is 2.00 bits per heavy atom. The molecule has 0 spiro atoms. The normalized spacial score (nSPS) is 20.2. The summed E-state index contributed by atoms with van der Waals surface area (Å²) in [6, 6.07) is 0. The molecule has 0 amide bonds. The maximum absolute atomic E-state index is 5.81. The molecule has 1 saturated heterocycles. The lowest BCUT2D eigenvalue weighted by Gasteiger charge is -2.35. The molecule has 0 saturated carbocycles. The molecular weight excluding hydrogens is 220 g/mol. The van der Waals surface area contributed by atoms with Gasteiger partial charge in [0, 0.05) is 25.2 Å². The smallest absolute Gasteiger partial charge is 0.0531 e. The summed E-state index contributed by atoms with van der Waals surface area (Å²) in [5.74, 6) is 1.70. The summed E-state index contributed by atoms with van der Waals surface area (Å²) in [6.07, 6.45) is 4.63. The highest BCUT2D eigenvalue weighted by Gasteiger charge is 2.31. The molecule has 1 heterocycles. The zero-order valence-corrected chi connectivity index (χ0v) is 11.6. The fourth-order valence-electron chi connectivity index (χ4n) is 2.03. The summed E-state index contributed by atoms with van der Waals surface area (Å²) < 4.78 is 11.2. The standard InChI is InChI=1S/C13H26O2S/c1-12(2)4-3-7-15-10-13(11-16)5-8-14-9-6-13/h12,16H,3-11H2,1-2H3. The molecule has 0 bridgehead atoms. The molecule has 1 fully saturated rings. The van der Waals surface area contributed by atoms with Gasteiger partial charge in [-0.05, 0) is 37.4 Å². The number of rotatable bonds is 7. The van der Waals surface area contributed by atoms with Crippen molar-refractivity contribution in [2.45, 2.75) is 39.5 Å². The first-order valence-corrected chi connectivity index (χ1v) is 7.08. The van der Waals surface area contributed by atoms with Gasteiger partial charge in [0.25, 0.3) is 0 Å². The number of ether oxygens (including phenoxy) is 2. The lowest BCUT2D eigenvalue weighted by atomic mass is 9.83. The second kappa shape index (κ2) is 7.57. The first kappa shape index (κ1) is 14.3. The summed E-state index contributed by atoms with van der Waals surface area (Å²) >= 11 is 4.47. The quantitative estimate of drug-likeness (QED) is 0.549. The summed E-state index contributed by atoms with van der Waals surface area (Å²) in [7, 11) is 0. The van der Waals surface area contributed by atoms with Crippen LogP contribution in [-0.4, -0.2) is 32.2 Å². The van der Waals surface area contributed by atoms with Crippen LogP contribution in [0.2, 0.25) is 0 Å². The second-order valence-corrected chi connectivity index (χ2v) is 5.68. The van der Waals surface area contributed by atoms with Crippen LogP contribution in [0.5, 0.6) is 0 Å². The van der Waals surface area contributed by atoms with Gasteiger partial charge >= 0.3 is 0 Å². The van der Waals surface area contributed by atoms with E-state index in [9.17, 15) is 0 Å². The van der Waals surface area contributed by atoms with Crippen LogP contribution in [0.15, 0.2) is 0 Å². The Labute approximate surface area is 105 Å². The Bertz CT molecular complexity index is 177. The number of hydrogen-bond acceptors (Lipinski definition) is 3. The highest BCUT2D eigenvalue weighted by Crippen LogP contribution is 2.32. The topological polar surface area (TPSA) is 18.5 Å². The third-order valence-corrected chi connectivity index (χ3v) is 4.04. The van der Waals surface area contributed by atoms with Crippen LogP contribution < -0.4 is 0 Å². The van der Waals surface area contributed by atoms with Crippen LogP contribution in [0.1, 0.15) is 39.5 Å². The highest BCUT2D eigenvalue weighted by molar-refractivity contribution is 7.80. The molecule has 0 aromatic heterocycles. The predicted octanol–water partition coefficient (Wildman–Crippen LogP) is 3.17. The van der Waals surface area contributed by atoms with Crippen molar-refractivity contribution in [3.05, 3.63) is 0 Å². The fraction of sp³-hybridized carbons (Fsp3) is 1.00. The maximum Gasteiger partial charge on any atom is 0.0531 e. The van der Waals surface area contributed by atoms with Crippen molar-refractivity contribution < 1.29 is 9.47 Å². The van der Waals surface area contributed by atoms with Crippen LogP contribution in [0, 0.1) is 11.3 Å². The van der Waals surface area contributed by atoms with E-state index >= 15 is 0 Å². The fourth-order valence-corrected chi connectivity index (χ4v) is 2.44. The maximum atomic E-state index is 5.81. The minimum atomic E-state index is 0.277. The minimum Gasteiger partial charge on any atom is -0.381 e. The molecule has 0 aliphatic carbocycles. The van der Waals surface area contributed by atoms with E-state index in [1.54, 1.807) is 0 Å². The molecule has 1 aliphatic rings. The minimum absolute atomic E-state index is 0.277. The number of thiol groups is 1. The molecule has 1 aliphatic heterocycles. The molecule has 96 valence electrons. The van der Waals surface area contributed by atoms with Crippen molar-refractivity contribution in [1.29, 1.82) is 0 Å². The summed E-state index contributed by atoms with van der Waals surface area (Å²) in [4.78, 5) is 0. The average molecular weight is 246 g/mol. The van der Waals surface area contributed by atoms with E-state index in [-0.39, 0.29) is 5.41 Å². The van der Waals surface area contributed by atoms with E-state index in [2.05, 4.69) is 26.5 Å². The van der Waals surface area contributed by atoms with Gasteiger partial charge in [-0.2, -0.15) is 12.6 Å². The highest BCUT2D eigenvalue weighted by atomic mass is 32.1. The van der Waals surface area contributed by atoms with E-state index in [0.717, 1.165) is 50.9 Å². The van der Waals surface area contributed by atoms with Gasteiger partial charge < -0.3 is 9.47 Å². The first-order chi connectivity index (χ1) is 7.68. The van der Waals surface area contributed by atoms with Crippen molar-refractivity contribution in [1.82, 2.24) is 0 Å². The Kier molecular flexibility index (Phi) is 6.78. The molecule has 3 heteroatoms. The average Bonchev–Trinajstić information content (AvgIpc) is 2.29. The van der Waals surface area contributed by atoms with Gasteiger partial charge in [0.2, 0.25) is 0 Å². The molecule has 0 N–H and O–H groups in total. The molecular formula is C13H26O2S. The van der Waals surface area contributed by atoms with E-state index in [1.807, 2.05) is 0 Å². The van der Waals surface area contributed by atoms with Crippen molar-refractivity contribution >= 4 is 12.6 Å². The van der Waals surface area contributed by atoms with Crippen molar-refractivity contribution in [3.8, 4) is 0 Å². The Morgan fingerprint density at radius 3 is 2.56 bits per heavy atom. The lowest BCUT2D eigenvalue weighted by Crippen LogP contribution is -2.35. The van der Waals surface area contributed by atoms with Crippen LogP contribution in [0.4, 0.5) is 0 Å². The molecule has 1 rings (SSSR count). The van der Waals surface area contributed by atoms with E-state index in [1.165, 1.54) is 12.8 Å². The molecule has 0 aromatic carbocycles. The second-order valence-electron chi connectivity index (χ2n) is 5.36. The van der Waals surface area contributed by atoms with Crippen molar-refractivity contribution in [3.63, 3.8) is 0 Å². The summed E-state index contributed by atoms with van der Waals surface area (Å²) in [6.45, 7) is 8.01. The third-order valence-electron chi connectivity index (χ3n) is 3.37. The Balaban J connectivity index is 2.13. The van der Waals surface area contributed by atoms with Gasteiger partial charge in [0.15, 0.2) is 0 Å². The largest absolute Gasteiger partial charge is 0.381 e. The van der Waals surface area contributed by atoms with Gasteiger partial charge in [-0.1, -0.05) is 13.8 Å². The van der Waals surface area contributed by atoms with Crippen molar-refractivity contribution in [2.75, 3.05) is 32.2 Å². The molecule has 0 atom stereocenters. The van der Waals surface area contributed by atoms with E-state index in [4.69, 9.17) is 9.47 Å². The first-order valence-electron chi connectivity index (χ1n) is 6.45. The zero-order valence-electron chi connectivity index (χ0n) is 10.7. The molecule has 0 radical (unpaired) electrons. The van der Waals surface area contributed by atoms with Crippen LogP contribution in [-0.2, 0) is 9.47 Å². The number of hydrogen-bond donors (Lipinski definition) is 1. The van der Waals surface area contributed by atoms with Crippen LogP contribution in [0.25, 0.3) is 0 Å². The summed E-state index contributed by atoms with van der Waals surface area (Å²) in [5, 5.41) is 0. The van der Waals surface area contributed by atoms with Crippen LogP contribution in [0.3, 0.4) is 0 Å². The summed E-state index contributed by atoms with van der Waals surface area (Å²) in [5.41, 5.74) is 0.277. The van der Waals surface area contributed by atoms with Gasteiger partial charge in [-0.3, -0.25) is 0 Å². The zero-order chi connectivity index (χ0) is 11.9. The van der Waals surface area contributed by atoms with E-state index < -0.39 is 0 Å². The monoisotopic (exact) mass is 246 g/mol. The van der Waals surface area contributed by atoms with Crippen molar-refractivity contribution in [2.24, 2.45) is 11.3 Å². The Hall–Kier alpha value is 0.270. The van der Waals surface area contributed by atoms with Gasteiger partial charge in [-0.25, -0.2) is 0 Å². The van der Waals surface area contributed by atoms with Gasteiger partial charge in [-0.15, -0.1) is 0 Å². The SMILES string of the molecule is CC(C)CCCOCC1(CS)CCOCC1.